The lowest BCUT2D eigenvalue weighted by Gasteiger charge is -2.18. The third kappa shape index (κ3) is 5.60. The normalized spacial score (nSPS) is 13.5. The van der Waals surface area contributed by atoms with Crippen LogP contribution in [-0.2, 0) is 19.6 Å². The number of hydrogen-bond donors (Lipinski definition) is 2. The number of halogens is 1. The summed E-state index contributed by atoms with van der Waals surface area (Å²) in [7, 11) is -3.86. The molecule has 1 amide bonds. The number of carbonyl (C=O) groups excluding carboxylic acids is 2. The van der Waals surface area contributed by atoms with Gasteiger partial charge in [0.15, 0.2) is 6.10 Å². The molecule has 0 bridgehead atoms. The smallest absolute Gasteiger partial charge is 0.338 e. The first-order valence-electron chi connectivity index (χ1n) is 7.97. The maximum Gasteiger partial charge on any atom is 0.338 e. The Bertz CT molecular complexity index is 927. The van der Waals surface area contributed by atoms with Crippen molar-refractivity contribution in [2.24, 2.45) is 5.14 Å². The topological polar surface area (TPSA) is 116 Å². The summed E-state index contributed by atoms with van der Waals surface area (Å²) in [5.41, 5.74) is 0.774. The molecule has 0 saturated heterocycles. The van der Waals surface area contributed by atoms with Crippen LogP contribution < -0.4 is 10.5 Å². The molecule has 9 heteroatoms. The Morgan fingerprint density at radius 1 is 1.04 bits per heavy atom. The fourth-order valence-corrected chi connectivity index (χ4v) is 2.74. The van der Waals surface area contributed by atoms with Gasteiger partial charge in [-0.25, -0.2) is 22.7 Å². The Morgan fingerprint density at radius 2 is 1.59 bits per heavy atom. The number of nitrogens with two attached hydrogens (primary N) is 1. The molecule has 2 aromatic carbocycles. The Labute approximate surface area is 156 Å². The van der Waals surface area contributed by atoms with Gasteiger partial charge in [-0.1, -0.05) is 12.1 Å². The summed E-state index contributed by atoms with van der Waals surface area (Å²) >= 11 is 0. The first-order valence-corrected chi connectivity index (χ1v) is 9.52. The van der Waals surface area contributed by atoms with E-state index >= 15 is 0 Å². The van der Waals surface area contributed by atoms with Gasteiger partial charge in [-0.2, -0.15) is 0 Å². The third-order valence-electron chi connectivity index (χ3n) is 3.80. The summed E-state index contributed by atoms with van der Waals surface area (Å²) in [5.74, 6) is -1.69. The molecule has 0 fully saturated rings. The fourth-order valence-electron chi connectivity index (χ4n) is 2.23. The summed E-state index contributed by atoms with van der Waals surface area (Å²) in [6.45, 7) is 3.12. The average Bonchev–Trinajstić information content (AvgIpc) is 2.61. The molecular formula is C18H19FN2O5S. The standard InChI is InChI=1S/C18H19FN2O5S/c1-11(13-3-7-15(19)8-4-13)21-17(22)12(2)26-18(23)14-5-9-16(10-6-14)27(20,24)25/h3-12H,1-2H3,(H,21,22)(H2,20,24,25). The van der Waals surface area contributed by atoms with E-state index in [0.717, 1.165) is 0 Å². The van der Waals surface area contributed by atoms with Gasteiger partial charge < -0.3 is 10.1 Å². The van der Waals surface area contributed by atoms with Crippen molar-refractivity contribution < 1.29 is 27.1 Å². The predicted octanol–water partition coefficient (Wildman–Crippen LogP) is 1.90. The number of esters is 1. The van der Waals surface area contributed by atoms with Crippen molar-refractivity contribution in [2.75, 3.05) is 0 Å². The molecule has 0 aliphatic carbocycles. The van der Waals surface area contributed by atoms with Gasteiger partial charge in [0, 0.05) is 0 Å². The highest BCUT2D eigenvalue weighted by molar-refractivity contribution is 7.89. The minimum absolute atomic E-state index is 0.0774. The molecule has 2 atom stereocenters. The third-order valence-corrected chi connectivity index (χ3v) is 4.73. The van der Waals surface area contributed by atoms with Gasteiger partial charge in [0.05, 0.1) is 16.5 Å². The summed E-state index contributed by atoms with van der Waals surface area (Å²) in [6.07, 6.45) is -1.08. The van der Waals surface area contributed by atoms with Gasteiger partial charge in [-0.05, 0) is 55.8 Å². The van der Waals surface area contributed by atoms with Crippen molar-refractivity contribution in [3.63, 3.8) is 0 Å². The molecule has 0 saturated carbocycles. The van der Waals surface area contributed by atoms with E-state index in [1.165, 1.54) is 43.3 Å². The molecule has 0 aliphatic heterocycles. The monoisotopic (exact) mass is 394 g/mol. The number of rotatable bonds is 6. The molecule has 27 heavy (non-hydrogen) atoms. The molecule has 7 nitrogen and oxygen atoms in total. The van der Waals surface area contributed by atoms with Crippen LogP contribution in [0, 0.1) is 5.82 Å². The van der Waals surface area contributed by atoms with Crippen LogP contribution >= 0.6 is 0 Å². The summed E-state index contributed by atoms with van der Waals surface area (Å²) in [5, 5.41) is 7.66. The molecule has 0 heterocycles. The highest BCUT2D eigenvalue weighted by atomic mass is 32.2. The van der Waals surface area contributed by atoms with Crippen LogP contribution in [0.5, 0.6) is 0 Å². The van der Waals surface area contributed by atoms with Crippen molar-refractivity contribution in [2.45, 2.75) is 30.9 Å². The van der Waals surface area contributed by atoms with E-state index in [2.05, 4.69) is 5.32 Å². The minimum atomic E-state index is -3.86. The number of primary sulfonamides is 1. The summed E-state index contributed by atoms with van der Waals surface area (Å²) < 4.78 is 40.5. The van der Waals surface area contributed by atoms with Crippen LogP contribution in [0.4, 0.5) is 4.39 Å². The Morgan fingerprint density at radius 3 is 2.11 bits per heavy atom. The number of sulfonamides is 1. The largest absolute Gasteiger partial charge is 0.449 e. The van der Waals surface area contributed by atoms with E-state index in [4.69, 9.17) is 9.88 Å². The molecule has 0 aromatic heterocycles. The lowest BCUT2D eigenvalue weighted by atomic mass is 10.1. The molecule has 2 unspecified atom stereocenters. The van der Waals surface area contributed by atoms with Crippen molar-refractivity contribution in [3.05, 3.63) is 65.5 Å². The Kier molecular flexibility index (Phi) is 6.29. The first-order chi connectivity index (χ1) is 12.6. The molecule has 0 radical (unpaired) electrons. The quantitative estimate of drug-likeness (QED) is 0.726. The number of nitrogens with one attached hydrogen (secondary N) is 1. The van der Waals surface area contributed by atoms with Crippen molar-refractivity contribution in [1.82, 2.24) is 5.32 Å². The van der Waals surface area contributed by atoms with Crippen LogP contribution in [-0.4, -0.2) is 26.4 Å². The second-order valence-electron chi connectivity index (χ2n) is 5.90. The highest BCUT2D eigenvalue weighted by Gasteiger charge is 2.21. The van der Waals surface area contributed by atoms with Crippen LogP contribution in [0.25, 0.3) is 0 Å². The minimum Gasteiger partial charge on any atom is -0.449 e. The van der Waals surface area contributed by atoms with Gasteiger partial charge in [0.2, 0.25) is 10.0 Å². The van der Waals surface area contributed by atoms with Gasteiger partial charge in [0.1, 0.15) is 5.82 Å². The zero-order chi connectivity index (χ0) is 20.2. The van der Waals surface area contributed by atoms with E-state index < -0.39 is 34.0 Å². The van der Waals surface area contributed by atoms with E-state index in [1.807, 2.05) is 0 Å². The second kappa shape index (κ2) is 8.28. The lowest BCUT2D eigenvalue weighted by Crippen LogP contribution is -2.37. The maximum absolute atomic E-state index is 13.0. The fraction of sp³-hybridized carbons (Fsp3) is 0.222. The highest BCUT2D eigenvalue weighted by Crippen LogP contribution is 2.14. The van der Waals surface area contributed by atoms with Gasteiger partial charge in [-0.3, -0.25) is 4.79 Å². The van der Waals surface area contributed by atoms with Gasteiger partial charge in [-0.15, -0.1) is 0 Å². The van der Waals surface area contributed by atoms with Crippen LogP contribution in [0.15, 0.2) is 53.4 Å². The lowest BCUT2D eigenvalue weighted by molar-refractivity contribution is -0.129. The number of amides is 1. The molecule has 144 valence electrons. The first kappa shape index (κ1) is 20.5. The van der Waals surface area contributed by atoms with Crippen LogP contribution in [0.3, 0.4) is 0 Å². The van der Waals surface area contributed by atoms with E-state index in [9.17, 15) is 22.4 Å². The van der Waals surface area contributed by atoms with E-state index in [1.54, 1.807) is 19.1 Å². The average molecular weight is 394 g/mol. The van der Waals surface area contributed by atoms with Crippen molar-refractivity contribution in [1.29, 1.82) is 0 Å². The molecule has 0 spiro atoms. The van der Waals surface area contributed by atoms with Crippen molar-refractivity contribution >= 4 is 21.9 Å². The van der Waals surface area contributed by atoms with E-state index in [-0.39, 0.29) is 16.3 Å². The number of carbonyl (C=O) groups is 2. The molecule has 0 aliphatic rings. The number of ether oxygens (including phenoxy) is 1. The second-order valence-corrected chi connectivity index (χ2v) is 7.46. The summed E-state index contributed by atoms with van der Waals surface area (Å²) in [4.78, 5) is 24.1. The zero-order valence-electron chi connectivity index (χ0n) is 14.7. The number of hydrogen-bond acceptors (Lipinski definition) is 5. The van der Waals surface area contributed by atoms with E-state index in [0.29, 0.717) is 5.56 Å². The predicted molar refractivity (Wildman–Crippen MR) is 95.7 cm³/mol. The van der Waals surface area contributed by atoms with Crippen molar-refractivity contribution in [3.8, 4) is 0 Å². The van der Waals surface area contributed by atoms with Gasteiger partial charge >= 0.3 is 5.97 Å². The van der Waals surface area contributed by atoms with Gasteiger partial charge in [0.25, 0.3) is 5.91 Å². The maximum atomic E-state index is 13.0. The molecular weight excluding hydrogens is 375 g/mol. The SMILES string of the molecule is CC(OC(=O)c1ccc(S(N)(=O)=O)cc1)C(=O)NC(C)c1ccc(F)cc1. The van der Waals surface area contributed by atoms with Crippen LogP contribution in [0.1, 0.15) is 35.8 Å². The molecule has 2 aromatic rings. The zero-order valence-corrected chi connectivity index (χ0v) is 15.5. The Hall–Kier alpha value is -2.78. The Balaban J connectivity index is 1.96. The number of benzene rings is 2. The van der Waals surface area contributed by atoms with Crippen LogP contribution in [0.2, 0.25) is 0 Å². The summed E-state index contributed by atoms with van der Waals surface area (Å²) in [6, 6.07) is 10.1. The molecule has 3 N–H and O–H groups in total. The molecule has 2 rings (SSSR count).